The first kappa shape index (κ1) is 16.9. The predicted octanol–water partition coefficient (Wildman–Crippen LogP) is 4.34. The number of urea groups is 1. The van der Waals surface area contributed by atoms with Crippen LogP contribution in [0.25, 0.3) is 10.8 Å². The topological polar surface area (TPSA) is 54.7 Å². The zero-order chi connectivity index (χ0) is 17.8. The van der Waals surface area contributed by atoms with E-state index >= 15 is 0 Å². The third kappa shape index (κ3) is 3.76. The second-order valence-corrected chi connectivity index (χ2v) is 6.10. The minimum atomic E-state index is -0.141. The zero-order valence-corrected chi connectivity index (χ0v) is 14.7. The van der Waals surface area contributed by atoms with Gasteiger partial charge in [0.1, 0.15) is 5.75 Å². The average Bonchev–Trinajstić information content (AvgIpc) is 3.13. The minimum absolute atomic E-state index is 0.138. The van der Waals surface area contributed by atoms with Gasteiger partial charge in [0.15, 0.2) is 0 Å². The van der Waals surface area contributed by atoms with E-state index in [2.05, 4.69) is 11.4 Å². The molecule has 0 spiro atoms. The van der Waals surface area contributed by atoms with Gasteiger partial charge in [0.2, 0.25) is 0 Å². The van der Waals surface area contributed by atoms with Crippen molar-refractivity contribution in [3.8, 4) is 5.75 Å². The van der Waals surface area contributed by atoms with Crippen LogP contribution in [0.3, 0.4) is 0 Å². The lowest BCUT2D eigenvalue weighted by Crippen LogP contribution is -2.38. The largest absolute Gasteiger partial charge is 0.496 e. The Morgan fingerprint density at radius 2 is 2.08 bits per heavy atom. The van der Waals surface area contributed by atoms with E-state index in [1.807, 2.05) is 43.3 Å². The lowest BCUT2D eigenvalue weighted by Gasteiger charge is -2.22. The lowest BCUT2D eigenvalue weighted by molar-refractivity contribution is 0.203. The summed E-state index contributed by atoms with van der Waals surface area (Å²) in [5.41, 5.74) is 1.96. The van der Waals surface area contributed by atoms with E-state index in [4.69, 9.17) is 9.15 Å². The number of hydrogen-bond acceptors (Lipinski definition) is 3. The van der Waals surface area contributed by atoms with Gasteiger partial charge in [0.25, 0.3) is 0 Å². The molecule has 1 unspecified atom stereocenters. The lowest BCUT2D eigenvalue weighted by atomic mass is 10.0. The van der Waals surface area contributed by atoms with Crippen LogP contribution in [0.15, 0.2) is 59.4 Å². The summed E-state index contributed by atoms with van der Waals surface area (Å²) in [4.78, 5) is 14.0. The first-order valence-electron chi connectivity index (χ1n) is 8.18. The summed E-state index contributed by atoms with van der Waals surface area (Å²) in [7, 11) is 3.42. The highest BCUT2D eigenvalue weighted by molar-refractivity contribution is 5.89. The second kappa shape index (κ2) is 7.30. The number of methoxy groups -OCH3 is 1. The van der Waals surface area contributed by atoms with Gasteiger partial charge < -0.3 is 19.4 Å². The fourth-order valence-electron chi connectivity index (χ4n) is 2.82. The fourth-order valence-corrected chi connectivity index (χ4v) is 2.82. The van der Waals surface area contributed by atoms with Crippen molar-refractivity contribution >= 4 is 16.8 Å². The summed E-state index contributed by atoms with van der Waals surface area (Å²) in [6, 6.07) is 13.7. The molecule has 1 heterocycles. The van der Waals surface area contributed by atoms with Crippen molar-refractivity contribution in [2.24, 2.45) is 0 Å². The summed E-state index contributed by atoms with van der Waals surface area (Å²) in [5, 5.41) is 5.17. The molecule has 2 amide bonds. The highest BCUT2D eigenvalue weighted by atomic mass is 16.5. The minimum Gasteiger partial charge on any atom is -0.496 e. The van der Waals surface area contributed by atoms with Gasteiger partial charge in [-0.05, 0) is 36.1 Å². The molecule has 25 heavy (non-hydrogen) atoms. The molecule has 5 heteroatoms. The highest BCUT2D eigenvalue weighted by Gasteiger charge is 2.16. The molecule has 0 aliphatic heterocycles. The fraction of sp³-hybridized carbons (Fsp3) is 0.250. The number of carbonyl (C=O) groups is 1. The molecular formula is C20H22N2O3. The summed E-state index contributed by atoms with van der Waals surface area (Å²) >= 11 is 0. The maximum Gasteiger partial charge on any atom is 0.317 e. The Morgan fingerprint density at radius 1 is 1.28 bits per heavy atom. The maximum atomic E-state index is 12.4. The van der Waals surface area contributed by atoms with Crippen molar-refractivity contribution in [1.82, 2.24) is 10.2 Å². The van der Waals surface area contributed by atoms with Crippen LogP contribution in [-0.2, 0) is 6.54 Å². The van der Waals surface area contributed by atoms with Crippen LogP contribution in [0, 0.1) is 0 Å². The molecule has 1 N–H and O–H groups in total. The van der Waals surface area contributed by atoms with E-state index in [-0.39, 0.29) is 12.1 Å². The van der Waals surface area contributed by atoms with Crippen molar-refractivity contribution in [3.63, 3.8) is 0 Å². The number of nitrogens with one attached hydrogen (secondary N) is 1. The van der Waals surface area contributed by atoms with Crippen LogP contribution >= 0.6 is 0 Å². The molecule has 0 saturated heterocycles. The van der Waals surface area contributed by atoms with Gasteiger partial charge in [-0.1, -0.05) is 24.3 Å². The van der Waals surface area contributed by atoms with Crippen molar-refractivity contribution in [2.45, 2.75) is 19.5 Å². The molecule has 0 bridgehead atoms. The number of fused-ring (bicyclic) bond motifs is 1. The van der Waals surface area contributed by atoms with E-state index in [9.17, 15) is 4.79 Å². The van der Waals surface area contributed by atoms with Crippen LogP contribution in [0.2, 0.25) is 0 Å². The number of amides is 2. The number of ether oxygens (including phenoxy) is 1. The summed E-state index contributed by atoms with van der Waals surface area (Å²) in [6.45, 7) is 2.46. The predicted molar refractivity (Wildman–Crippen MR) is 97.6 cm³/mol. The van der Waals surface area contributed by atoms with Gasteiger partial charge in [0, 0.05) is 18.0 Å². The van der Waals surface area contributed by atoms with Crippen molar-refractivity contribution in [2.75, 3.05) is 14.2 Å². The molecule has 0 saturated carbocycles. The van der Waals surface area contributed by atoms with Crippen molar-refractivity contribution < 1.29 is 13.9 Å². The molecule has 0 aliphatic rings. The standard InChI is InChI=1S/C20H22N2O3/c1-14(21-20(23)22(2)12-15-8-9-25-13-15)17-10-16-6-4-5-7-18(16)19(11-17)24-3/h4-11,13-14H,12H2,1-3H3,(H,21,23). The molecule has 3 rings (SSSR count). The molecular weight excluding hydrogens is 316 g/mol. The van der Waals surface area contributed by atoms with Gasteiger partial charge in [-0.3, -0.25) is 0 Å². The summed E-state index contributed by atoms with van der Waals surface area (Å²) < 4.78 is 10.5. The smallest absolute Gasteiger partial charge is 0.317 e. The molecule has 0 radical (unpaired) electrons. The Labute approximate surface area is 147 Å². The zero-order valence-electron chi connectivity index (χ0n) is 14.7. The van der Waals surface area contributed by atoms with Crippen molar-refractivity contribution in [3.05, 3.63) is 66.1 Å². The van der Waals surface area contributed by atoms with Gasteiger partial charge >= 0.3 is 6.03 Å². The number of benzene rings is 2. The Hall–Kier alpha value is -2.95. The van der Waals surface area contributed by atoms with Crippen LogP contribution in [-0.4, -0.2) is 25.1 Å². The monoisotopic (exact) mass is 338 g/mol. The highest BCUT2D eigenvalue weighted by Crippen LogP contribution is 2.29. The van der Waals surface area contributed by atoms with Gasteiger partial charge in [-0.15, -0.1) is 0 Å². The van der Waals surface area contributed by atoms with Crippen LogP contribution in [0.1, 0.15) is 24.1 Å². The third-order valence-corrected chi connectivity index (χ3v) is 4.25. The quantitative estimate of drug-likeness (QED) is 0.753. The average molecular weight is 338 g/mol. The van der Waals surface area contributed by atoms with E-state index in [1.165, 1.54) is 0 Å². The van der Waals surface area contributed by atoms with Gasteiger partial charge in [-0.2, -0.15) is 0 Å². The van der Waals surface area contributed by atoms with Crippen LogP contribution in [0.5, 0.6) is 5.75 Å². The maximum absolute atomic E-state index is 12.4. The molecule has 5 nitrogen and oxygen atoms in total. The molecule has 0 aliphatic carbocycles. The number of carbonyl (C=O) groups excluding carboxylic acids is 1. The molecule has 130 valence electrons. The number of furan rings is 1. The third-order valence-electron chi connectivity index (χ3n) is 4.25. The van der Waals surface area contributed by atoms with Gasteiger partial charge in [-0.25, -0.2) is 4.79 Å². The number of hydrogen-bond donors (Lipinski definition) is 1. The Kier molecular flexibility index (Phi) is 4.93. The molecule has 0 fully saturated rings. The normalized spacial score (nSPS) is 12.0. The van der Waals surface area contributed by atoms with Crippen LogP contribution < -0.4 is 10.1 Å². The SMILES string of the molecule is COc1cc(C(C)NC(=O)N(C)Cc2ccoc2)cc2ccccc12. The van der Waals surface area contributed by atoms with Crippen molar-refractivity contribution in [1.29, 1.82) is 0 Å². The number of nitrogens with zero attached hydrogens (tertiary/aromatic N) is 1. The molecule has 1 aromatic heterocycles. The van der Waals surface area contributed by atoms with Crippen LogP contribution in [0.4, 0.5) is 4.79 Å². The Morgan fingerprint density at radius 3 is 2.80 bits per heavy atom. The Bertz CT molecular complexity index is 859. The second-order valence-electron chi connectivity index (χ2n) is 6.10. The Balaban J connectivity index is 1.75. The van der Waals surface area contributed by atoms with E-state index in [0.717, 1.165) is 27.6 Å². The molecule has 1 atom stereocenters. The van der Waals surface area contributed by atoms with E-state index in [1.54, 1.807) is 31.6 Å². The van der Waals surface area contributed by atoms with Gasteiger partial charge in [0.05, 0.1) is 32.2 Å². The van der Waals surface area contributed by atoms with E-state index < -0.39 is 0 Å². The molecule has 3 aromatic rings. The summed E-state index contributed by atoms with van der Waals surface area (Å²) in [5.74, 6) is 0.806. The first-order chi connectivity index (χ1) is 12.1. The number of rotatable bonds is 5. The summed E-state index contributed by atoms with van der Waals surface area (Å²) in [6.07, 6.45) is 3.24. The first-order valence-corrected chi connectivity index (χ1v) is 8.18. The molecule has 2 aromatic carbocycles. The van der Waals surface area contributed by atoms with E-state index in [0.29, 0.717) is 6.54 Å².